The van der Waals surface area contributed by atoms with Crippen molar-refractivity contribution in [2.45, 2.75) is 6.92 Å². The van der Waals surface area contributed by atoms with Crippen LogP contribution in [0.25, 0.3) is 0 Å². The van der Waals surface area contributed by atoms with Gasteiger partial charge >= 0.3 is 0 Å². The van der Waals surface area contributed by atoms with Crippen LogP contribution >= 0.6 is 15.9 Å². The summed E-state index contributed by atoms with van der Waals surface area (Å²) in [5, 5.41) is 0. The number of carbonyl (C=O) groups excluding carboxylic acids is 2. The lowest BCUT2D eigenvalue weighted by atomic mass is 10.1. The lowest BCUT2D eigenvalue weighted by Crippen LogP contribution is -2.43. The molecule has 0 atom stereocenters. The summed E-state index contributed by atoms with van der Waals surface area (Å²) in [6.45, 7) is 1.61. The summed E-state index contributed by atoms with van der Waals surface area (Å²) >= 11 is 3.36. The second kappa shape index (κ2) is 9.84. The molecule has 0 aliphatic heterocycles. The molecule has 150 valence electrons. The van der Waals surface area contributed by atoms with Crippen molar-refractivity contribution in [1.82, 2.24) is 10.9 Å². The number of rotatable bonds is 7. The number of hydrazine groups is 1. The van der Waals surface area contributed by atoms with Crippen LogP contribution in [0.3, 0.4) is 0 Å². The van der Waals surface area contributed by atoms with Crippen LogP contribution in [0.4, 0.5) is 0 Å². The summed E-state index contributed by atoms with van der Waals surface area (Å²) in [6, 6.07) is 8.39. The van der Waals surface area contributed by atoms with E-state index < -0.39 is 11.8 Å². The fourth-order valence-electron chi connectivity index (χ4n) is 2.36. The number of nitrogens with one attached hydrogen (secondary N) is 2. The van der Waals surface area contributed by atoms with E-state index in [1.165, 1.54) is 33.5 Å². The van der Waals surface area contributed by atoms with Crippen molar-refractivity contribution < 1.29 is 28.5 Å². The highest BCUT2D eigenvalue weighted by Gasteiger charge is 2.17. The Bertz CT molecular complexity index is 846. The Morgan fingerprint density at radius 1 is 0.929 bits per heavy atom. The molecular formula is C19H21BrN2O6. The molecule has 2 aromatic carbocycles. The largest absolute Gasteiger partial charge is 0.493 e. The standard InChI is InChI=1S/C19H21BrN2O6/c1-11-7-13(20)5-6-14(11)28-10-17(23)21-22-19(24)12-8-15(25-2)18(27-4)16(9-12)26-3/h5-9H,10H2,1-4H3,(H,21,23)(H,22,24). The van der Waals surface area contributed by atoms with Crippen LogP contribution < -0.4 is 29.8 Å². The molecule has 0 spiro atoms. The van der Waals surface area contributed by atoms with Gasteiger partial charge in [0, 0.05) is 10.0 Å². The molecule has 0 aliphatic carbocycles. The molecular weight excluding hydrogens is 432 g/mol. The smallest absolute Gasteiger partial charge is 0.276 e. The van der Waals surface area contributed by atoms with Gasteiger partial charge in [0.2, 0.25) is 5.75 Å². The van der Waals surface area contributed by atoms with E-state index in [-0.39, 0.29) is 12.2 Å². The number of halogens is 1. The zero-order valence-electron chi connectivity index (χ0n) is 15.9. The van der Waals surface area contributed by atoms with Crippen LogP contribution in [-0.4, -0.2) is 39.8 Å². The molecule has 0 saturated carbocycles. The molecule has 8 nitrogen and oxygen atoms in total. The van der Waals surface area contributed by atoms with Crippen molar-refractivity contribution in [2.24, 2.45) is 0 Å². The van der Waals surface area contributed by atoms with Gasteiger partial charge in [-0.25, -0.2) is 0 Å². The van der Waals surface area contributed by atoms with Gasteiger partial charge in [-0.05, 0) is 42.8 Å². The number of hydrogen-bond acceptors (Lipinski definition) is 6. The van der Waals surface area contributed by atoms with Gasteiger partial charge in [0.1, 0.15) is 5.75 Å². The third kappa shape index (κ3) is 5.29. The maximum absolute atomic E-state index is 12.3. The molecule has 9 heteroatoms. The average Bonchev–Trinajstić information content (AvgIpc) is 2.69. The van der Waals surface area contributed by atoms with Gasteiger partial charge in [0.05, 0.1) is 21.3 Å². The summed E-state index contributed by atoms with van der Waals surface area (Å²) < 4.78 is 22.0. The average molecular weight is 453 g/mol. The van der Waals surface area contributed by atoms with Crippen molar-refractivity contribution >= 4 is 27.7 Å². The number of ether oxygens (including phenoxy) is 4. The zero-order chi connectivity index (χ0) is 20.7. The second-order valence-corrected chi connectivity index (χ2v) is 6.53. The fraction of sp³-hybridized carbons (Fsp3) is 0.263. The van der Waals surface area contributed by atoms with Gasteiger partial charge in [-0.1, -0.05) is 15.9 Å². The SMILES string of the molecule is COc1cc(C(=O)NNC(=O)COc2ccc(Br)cc2C)cc(OC)c1OC. The van der Waals surface area contributed by atoms with Crippen molar-refractivity contribution in [2.75, 3.05) is 27.9 Å². The van der Waals surface area contributed by atoms with Crippen molar-refractivity contribution in [3.63, 3.8) is 0 Å². The van der Waals surface area contributed by atoms with E-state index in [0.717, 1.165) is 10.0 Å². The van der Waals surface area contributed by atoms with Crippen LogP contribution in [0.5, 0.6) is 23.0 Å². The molecule has 0 fully saturated rings. The lowest BCUT2D eigenvalue weighted by molar-refractivity contribution is -0.123. The van der Waals surface area contributed by atoms with Gasteiger partial charge in [0.25, 0.3) is 11.8 Å². The number of hydrogen-bond donors (Lipinski definition) is 2. The monoisotopic (exact) mass is 452 g/mol. The van der Waals surface area contributed by atoms with Gasteiger partial charge in [-0.3, -0.25) is 20.4 Å². The third-order valence-electron chi connectivity index (χ3n) is 3.74. The van der Waals surface area contributed by atoms with Crippen molar-refractivity contribution in [1.29, 1.82) is 0 Å². The maximum Gasteiger partial charge on any atom is 0.276 e. The van der Waals surface area contributed by atoms with Gasteiger partial charge in [0.15, 0.2) is 18.1 Å². The highest BCUT2D eigenvalue weighted by atomic mass is 79.9. The molecule has 2 N–H and O–H groups in total. The van der Waals surface area contributed by atoms with E-state index >= 15 is 0 Å². The van der Waals surface area contributed by atoms with E-state index in [9.17, 15) is 9.59 Å². The molecule has 2 amide bonds. The van der Waals surface area contributed by atoms with Crippen LogP contribution in [-0.2, 0) is 4.79 Å². The minimum Gasteiger partial charge on any atom is -0.493 e. The molecule has 0 aliphatic rings. The number of aryl methyl sites for hydroxylation is 1. The van der Waals surface area contributed by atoms with Crippen molar-refractivity contribution in [3.8, 4) is 23.0 Å². The Morgan fingerprint density at radius 2 is 1.57 bits per heavy atom. The summed E-state index contributed by atoms with van der Waals surface area (Å²) in [4.78, 5) is 24.3. The molecule has 28 heavy (non-hydrogen) atoms. The molecule has 2 aromatic rings. The van der Waals surface area contributed by atoms with E-state index in [1.807, 2.05) is 19.1 Å². The Kier molecular flexibility index (Phi) is 7.51. The predicted octanol–water partition coefficient (Wildman–Crippen LogP) is 2.62. The lowest BCUT2D eigenvalue weighted by Gasteiger charge is -2.14. The number of carbonyl (C=O) groups is 2. The third-order valence-corrected chi connectivity index (χ3v) is 4.23. The highest BCUT2D eigenvalue weighted by molar-refractivity contribution is 9.10. The number of methoxy groups -OCH3 is 3. The van der Waals surface area contributed by atoms with E-state index in [0.29, 0.717) is 23.0 Å². The van der Waals surface area contributed by atoms with Gasteiger partial charge in [-0.15, -0.1) is 0 Å². The van der Waals surface area contributed by atoms with Gasteiger partial charge in [-0.2, -0.15) is 0 Å². The maximum atomic E-state index is 12.3. The quantitative estimate of drug-likeness (QED) is 0.626. The minimum atomic E-state index is -0.549. The molecule has 0 saturated heterocycles. The summed E-state index contributed by atoms with van der Waals surface area (Å²) in [7, 11) is 4.36. The van der Waals surface area contributed by atoms with Crippen LogP contribution in [0.2, 0.25) is 0 Å². The molecule has 0 heterocycles. The molecule has 0 unspecified atom stereocenters. The van der Waals surface area contributed by atoms with Gasteiger partial charge < -0.3 is 18.9 Å². The van der Waals surface area contributed by atoms with Crippen LogP contribution in [0.1, 0.15) is 15.9 Å². The minimum absolute atomic E-state index is 0.222. The van der Waals surface area contributed by atoms with Crippen LogP contribution in [0, 0.1) is 6.92 Å². The topological polar surface area (TPSA) is 95.1 Å². The first-order valence-electron chi connectivity index (χ1n) is 8.17. The van der Waals surface area contributed by atoms with E-state index in [2.05, 4.69) is 26.8 Å². The second-order valence-electron chi connectivity index (χ2n) is 5.61. The first kappa shape index (κ1) is 21.4. The summed E-state index contributed by atoms with van der Waals surface area (Å²) in [6.07, 6.45) is 0. The Morgan fingerprint density at radius 3 is 2.11 bits per heavy atom. The summed E-state index contributed by atoms with van der Waals surface area (Å²) in [5.41, 5.74) is 5.72. The Hall–Kier alpha value is -2.94. The van der Waals surface area contributed by atoms with E-state index in [4.69, 9.17) is 18.9 Å². The first-order chi connectivity index (χ1) is 13.4. The van der Waals surface area contributed by atoms with Crippen LogP contribution in [0.15, 0.2) is 34.8 Å². The zero-order valence-corrected chi connectivity index (χ0v) is 17.5. The normalized spacial score (nSPS) is 10.0. The molecule has 0 radical (unpaired) electrons. The highest BCUT2D eigenvalue weighted by Crippen LogP contribution is 2.38. The fourth-order valence-corrected chi connectivity index (χ4v) is 2.84. The Labute approximate surface area is 171 Å². The molecule has 0 aromatic heterocycles. The number of amides is 2. The summed E-state index contributed by atoms with van der Waals surface area (Å²) in [5.74, 6) is 0.536. The van der Waals surface area contributed by atoms with Crippen molar-refractivity contribution in [3.05, 3.63) is 45.9 Å². The molecule has 0 bridgehead atoms. The molecule has 2 rings (SSSR count). The van der Waals surface area contributed by atoms with E-state index in [1.54, 1.807) is 6.07 Å². The number of benzene rings is 2. The Balaban J connectivity index is 1.96. The predicted molar refractivity (Wildman–Crippen MR) is 106 cm³/mol. The first-order valence-corrected chi connectivity index (χ1v) is 8.97.